The van der Waals surface area contributed by atoms with Gasteiger partial charge in [0, 0.05) is 39.0 Å². The molecule has 0 aliphatic carbocycles. The maximum Gasteiger partial charge on any atom is 0.0478 e. The molecule has 118 valence electrons. The molecule has 0 radical (unpaired) electrons. The maximum atomic E-state index is 5.57. The van der Waals surface area contributed by atoms with Gasteiger partial charge in [-0.05, 0) is 49.4 Å². The van der Waals surface area contributed by atoms with E-state index in [2.05, 4.69) is 42.4 Å². The van der Waals surface area contributed by atoms with Crippen molar-refractivity contribution in [1.29, 1.82) is 0 Å². The molecular formula is C18H30N2O. The van der Waals surface area contributed by atoms with Crippen LogP contribution in [-0.2, 0) is 17.7 Å². The van der Waals surface area contributed by atoms with Gasteiger partial charge in [-0.2, -0.15) is 0 Å². The van der Waals surface area contributed by atoms with Crippen LogP contribution in [0.1, 0.15) is 43.7 Å². The fourth-order valence-corrected chi connectivity index (χ4v) is 2.83. The van der Waals surface area contributed by atoms with Crippen LogP contribution in [0, 0.1) is 0 Å². The van der Waals surface area contributed by atoms with Crippen LogP contribution in [0.25, 0.3) is 0 Å². The number of hydrogen-bond donors (Lipinski definition) is 1. The lowest BCUT2D eigenvalue weighted by Crippen LogP contribution is -2.25. The van der Waals surface area contributed by atoms with Crippen molar-refractivity contribution in [2.45, 2.75) is 45.6 Å². The van der Waals surface area contributed by atoms with Crippen molar-refractivity contribution in [1.82, 2.24) is 5.32 Å². The number of benzene rings is 1. The Labute approximate surface area is 129 Å². The van der Waals surface area contributed by atoms with Crippen LogP contribution in [0.2, 0.25) is 0 Å². The van der Waals surface area contributed by atoms with E-state index in [-0.39, 0.29) is 0 Å². The lowest BCUT2D eigenvalue weighted by Gasteiger charge is -2.27. The van der Waals surface area contributed by atoms with E-state index >= 15 is 0 Å². The Hall–Kier alpha value is -1.06. The Morgan fingerprint density at radius 1 is 1.24 bits per heavy atom. The maximum absolute atomic E-state index is 5.57. The molecule has 1 aromatic carbocycles. The van der Waals surface area contributed by atoms with E-state index in [0.29, 0.717) is 0 Å². The van der Waals surface area contributed by atoms with Crippen LogP contribution in [0.5, 0.6) is 0 Å². The highest BCUT2D eigenvalue weighted by Gasteiger charge is 2.13. The first-order chi connectivity index (χ1) is 10.3. The second-order valence-electron chi connectivity index (χ2n) is 5.98. The molecule has 1 N–H and O–H groups in total. The lowest BCUT2D eigenvalue weighted by molar-refractivity contribution is 0.129. The van der Waals surface area contributed by atoms with Crippen LogP contribution in [0.15, 0.2) is 18.2 Å². The molecule has 0 bridgehead atoms. The molecule has 0 atom stereocenters. The SMILES string of the molecule is CCCCOCCCNCc1ccc2c(c1)CCCN2C. The van der Waals surface area contributed by atoms with Crippen molar-refractivity contribution >= 4 is 5.69 Å². The van der Waals surface area contributed by atoms with Gasteiger partial charge >= 0.3 is 0 Å². The highest BCUT2D eigenvalue weighted by Crippen LogP contribution is 2.26. The average molecular weight is 290 g/mol. The quantitative estimate of drug-likeness (QED) is 0.706. The Morgan fingerprint density at radius 2 is 2.10 bits per heavy atom. The van der Waals surface area contributed by atoms with Crippen LogP contribution in [0.3, 0.4) is 0 Å². The zero-order valence-corrected chi connectivity index (χ0v) is 13.7. The van der Waals surface area contributed by atoms with Crippen LogP contribution in [0.4, 0.5) is 5.69 Å². The van der Waals surface area contributed by atoms with Gasteiger partial charge in [0.25, 0.3) is 0 Å². The summed E-state index contributed by atoms with van der Waals surface area (Å²) in [6.07, 6.45) is 5.98. The molecule has 0 saturated heterocycles. The Bertz CT molecular complexity index is 420. The van der Waals surface area contributed by atoms with Crippen molar-refractivity contribution < 1.29 is 4.74 Å². The minimum absolute atomic E-state index is 0.877. The van der Waals surface area contributed by atoms with E-state index in [0.717, 1.165) is 32.7 Å². The standard InChI is InChI=1S/C18H30N2O/c1-3-4-12-21-13-6-10-19-15-16-8-9-18-17(14-16)7-5-11-20(18)2/h8-9,14,19H,3-7,10-13,15H2,1-2H3. The summed E-state index contributed by atoms with van der Waals surface area (Å²) < 4.78 is 5.57. The normalized spacial score (nSPS) is 14.3. The first-order valence-electron chi connectivity index (χ1n) is 8.42. The summed E-state index contributed by atoms with van der Waals surface area (Å²) in [5.41, 5.74) is 4.32. The molecule has 1 aliphatic heterocycles. The van der Waals surface area contributed by atoms with E-state index in [1.54, 1.807) is 0 Å². The van der Waals surface area contributed by atoms with Crippen molar-refractivity contribution in [2.75, 3.05) is 38.3 Å². The number of unbranched alkanes of at least 4 members (excludes halogenated alkanes) is 1. The molecule has 0 saturated carbocycles. The van der Waals surface area contributed by atoms with Crippen molar-refractivity contribution in [3.8, 4) is 0 Å². The molecule has 0 fully saturated rings. The number of rotatable bonds is 9. The molecular weight excluding hydrogens is 260 g/mol. The topological polar surface area (TPSA) is 24.5 Å². The number of hydrogen-bond acceptors (Lipinski definition) is 3. The van der Waals surface area contributed by atoms with Gasteiger partial charge in [0.1, 0.15) is 0 Å². The fourth-order valence-electron chi connectivity index (χ4n) is 2.83. The Kier molecular flexibility index (Phi) is 7.04. The van der Waals surface area contributed by atoms with Crippen molar-refractivity contribution in [3.05, 3.63) is 29.3 Å². The van der Waals surface area contributed by atoms with Gasteiger partial charge in [-0.1, -0.05) is 25.5 Å². The highest BCUT2D eigenvalue weighted by molar-refractivity contribution is 5.56. The first kappa shape index (κ1) is 16.3. The zero-order valence-electron chi connectivity index (χ0n) is 13.7. The molecule has 2 rings (SSSR count). The van der Waals surface area contributed by atoms with Crippen LogP contribution < -0.4 is 10.2 Å². The predicted molar refractivity (Wildman–Crippen MR) is 90.1 cm³/mol. The van der Waals surface area contributed by atoms with Gasteiger partial charge in [-0.15, -0.1) is 0 Å². The third kappa shape index (κ3) is 5.33. The van der Waals surface area contributed by atoms with Gasteiger partial charge < -0.3 is 15.0 Å². The van der Waals surface area contributed by atoms with Crippen LogP contribution in [-0.4, -0.2) is 33.4 Å². The number of aryl methyl sites for hydroxylation is 1. The largest absolute Gasteiger partial charge is 0.381 e. The minimum Gasteiger partial charge on any atom is -0.381 e. The summed E-state index contributed by atoms with van der Waals surface area (Å²) in [5, 5.41) is 3.52. The second kappa shape index (κ2) is 9.06. The fraction of sp³-hybridized carbons (Fsp3) is 0.667. The summed E-state index contributed by atoms with van der Waals surface area (Å²) in [6, 6.07) is 6.90. The molecule has 3 heteroatoms. The third-order valence-electron chi connectivity index (χ3n) is 4.11. The Morgan fingerprint density at radius 3 is 2.95 bits per heavy atom. The smallest absolute Gasteiger partial charge is 0.0478 e. The first-order valence-corrected chi connectivity index (χ1v) is 8.42. The van der Waals surface area contributed by atoms with Crippen molar-refractivity contribution in [2.24, 2.45) is 0 Å². The van der Waals surface area contributed by atoms with Gasteiger partial charge in [-0.3, -0.25) is 0 Å². The number of nitrogens with zero attached hydrogens (tertiary/aromatic N) is 1. The van der Waals surface area contributed by atoms with E-state index in [4.69, 9.17) is 4.74 Å². The monoisotopic (exact) mass is 290 g/mol. The van der Waals surface area contributed by atoms with E-state index in [1.807, 2.05) is 0 Å². The molecule has 0 unspecified atom stereocenters. The molecule has 0 spiro atoms. The molecule has 3 nitrogen and oxygen atoms in total. The Balaban J connectivity index is 1.65. The van der Waals surface area contributed by atoms with Crippen LogP contribution >= 0.6 is 0 Å². The second-order valence-corrected chi connectivity index (χ2v) is 5.98. The number of ether oxygens (including phenoxy) is 1. The number of nitrogens with one attached hydrogen (secondary N) is 1. The predicted octanol–water partition coefficient (Wildman–Crippen LogP) is 3.37. The summed E-state index contributed by atoms with van der Waals surface area (Å²) >= 11 is 0. The zero-order chi connectivity index (χ0) is 14.9. The van der Waals surface area contributed by atoms with Gasteiger partial charge in [0.2, 0.25) is 0 Å². The lowest BCUT2D eigenvalue weighted by atomic mass is 9.99. The molecule has 21 heavy (non-hydrogen) atoms. The van der Waals surface area contributed by atoms with E-state index in [1.165, 1.54) is 49.0 Å². The van der Waals surface area contributed by atoms with Crippen molar-refractivity contribution in [3.63, 3.8) is 0 Å². The summed E-state index contributed by atoms with van der Waals surface area (Å²) in [7, 11) is 2.19. The van der Waals surface area contributed by atoms with E-state index in [9.17, 15) is 0 Å². The highest BCUT2D eigenvalue weighted by atomic mass is 16.5. The molecule has 1 heterocycles. The van der Waals surface area contributed by atoms with Gasteiger partial charge in [0.15, 0.2) is 0 Å². The number of anilines is 1. The minimum atomic E-state index is 0.877. The molecule has 1 aromatic rings. The summed E-state index contributed by atoms with van der Waals surface area (Å²) in [6.45, 7) is 7.16. The molecule has 1 aliphatic rings. The summed E-state index contributed by atoms with van der Waals surface area (Å²) in [5.74, 6) is 0. The number of fused-ring (bicyclic) bond motifs is 1. The van der Waals surface area contributed by atoms with Gasteiger partial charge in [0.05, 0.1) is 0 Å². The summed E-state index contributed by atoms with van der Waals surface area (Å²) in [4.78, 5) is 2.36. The molecule has 0 aromatic heterocycles. The van der Waals surface area contributed by atoms with Gasteiger partial charge in [-0.25, -0.2) is 0 Å². The van der Waals surface area contributed by atoms with E-state index < -0.39 is 0 Å². The molecule has 0 amide bonds. The average Bonchev–Trinajstić information content (AvgIpc) is 2.50. The third-order valence-corrected chi connectivity index (χ3v) is 4.11.